The zero-order chi connectivity index (χ0) is 39.2. The topological polar surface area (TPSA) is 0 Å². The van der Waals surface area contributed by atoms with Gasteiger partial charge in [-0.15, -0.1) is 0 Å². The van der Waals surface area contributed by atoms with Gasteiger partial charge in [0.15, 0.2) is 0 Å². The Kier molecular flexibility index (Phi) is 21.1. The third-order valence-electron chi connectivity index (χ3n) is 9.65. The molecule has 0 unspecified atom stereocenters. The van der Waals surface area contributed by atoms with Crippen molar-refractivity contribution in [1.29, 1.82) is 0 Å². The quantitative estimate of drug-likeness (QED) is 0.133. The van der Waals surface area contributed by atoms with Gasteiger partial charge in [-0.25, -0.2) is 0 Å². The van der Waals surface area contributed by atoms with Crippen molar-refractivity contribution in [2.45, 2.75) is 0 Å². The normalized spacial score (nSPS) is 10.2. The number of benzene rings is 8. The van der Waals surface area contributed by atoms with Gasteiger partial charge in [0.2, 0.25) is 0 Å². The van der Waals surface area contributed by atoms with Gasteiger partial charge >= 0.3 is 0 Å². The van der Waals surface area contributed by atoms with Gasteiger partial charge in [-0.05, 0) is 97.1 Å². The van der Waals surface area contributed by atoms with Crippen molar-refractivity contribution in [3.8, 4) is 0 Å². The molecule has 0 aliphatic carbocycles. The molecule has 0 radical (unpaired) electrons. The van der Waals surface area contributed by atoms with E-state index < -0.39 is 31.7 Å². The van der Waals surface area contributed by atoms with Crippen LogP contribution in [0.15, 0.2) is 243 Å². The van der Waals surface area contributed by atoms with Gasteiger partial charge in [0.05, 0.1) is 101 Å². The molecule has 0 fully saturated rings. The van der Waals surface area contributed by atoms with E-state index in [1.807, 2.05) is 0 Å². The molecule has 0 nitrogen and oxygen atoms in total. The Morgan fingerprint density at radius 3 is 0.351 bits per heavy atom. The van der Waals surface area contributed by atoms with Crippen molar-refractivity contribution in [2.75, 3.05) is 26.7 Å². The van der Waals surface area contributed by atoms with Crippen LogP contribution < -0.4 is 42.4 Å². The minimum Gasteiger partial charge on any atom is -0.0620 e. The molecule has 0 bridgehead atoms. The zero-order valence-electron chi connectivity index (χ0n) is 33.4. The molecule has 0 heterocycles. The van der Waals surface area contributed by atoms with Gasteiger partial charge in [-0.1, -0.05) is 146 Å². The molecule has 0 aliphatic rings. The van der Waals surface area contributed by atoms with Crippen molar-refractivity contribution >= 4 is 74.1 Å². The van der Waals surface area contributed by atoms with Gasteiger partial charge in [-0.2, -0.15) is 0 Å². The van der Waals surface area contributed by atoms with Crippen molar-refractivity contribution in [3.05, 3.63) is 243 Å². The average Bonchev–Trinajstić information content (AvgIpc) is 3.31. The third kappa shape index (κ3) is 15.5. The first-order valence-electron chi connectivity index (χ1n) is 19.3. The maximum atomic E-state index is 2.34. The predicted octanol–water partition coefficient (Wildman–Crippen LogP) is 9.92. The first kappa shape index (κ1) is 45.9. The Morgan fingerprint density at radius 1 is 0.175 bits per heavy atom. The molecule has 0 amide bonds. The minimum absolute atomic E-state index is 0. The van der Waals surface area contributed by atoms with Gasteiger partial charge in [0.1, 0.15) is 0 Å². The molecule has 0 saturated heterocycles. The van der Waals surface area contributed by atoms with E-state index in [9.17, 15) is 0 Å². The van der Waals surface area contributed by atoms with E-state index in [-0.39, 0.29) is 21.1 Å². The summed E-state index contributed by atoms with van der Waals surface area (Å²) < 4.78 is 0. The maximum absolute atomic E-state index is 2.34. The Morgan fingerprint density at radius 2 is 0.263 bits per heavy atom. The standard InChI is InChI=1S/4C13H13P.Pt/c4*1-14(12-8-4-2-5-9-12)13-10-6-3-7-11-13;/h4*2-11H,1H3;/p+4. The van der Waals surface area contributed by atoms with E-state index in [0.717, 1.165) is 0 Å². The fourth-order valence-corrected chi connectivity index (χ4v) is 13.0. The van der Waals surface area contributed by atoms with E-state index >= 15 is 0 Å². The molecular weight excluding hydrogens is 944 g/mol. The van der Waals surface area contributed by atoms with Gasteiger partial charge in [0.25, 0.3) is 0 Å². The van der Waals surface area contributed by atoms with Gasteiger partial charge in [0, 0.05) is 21.1 Å². The summed E-state index contributed by atoms with van der Waals surface area (Å²) in [6.07, 6.45) is 0. The zero-order valence-corrected chi connectivity index (χ0v) is 39.7. The van der Waals surface area contributed by atoms with Crippen LogP contribution in [-0.4, -0.2) is 26.7 Å². The summed E-state index contributed by atoms with van der Waals surface area (Å²) in [6, 6.07) is 86.0. The second-order valence-electron chi connectivity index (χ2n) is 13.4. The van der Waals surface area contributed by atoms with Gasteiger partial charge < -0.3 is 0 Å². The van der Waals surface area contributed by atoms with Gasteiger partial charge in [-0.3, -0.25) is 0 Å². The molecule has 8 aromatic carbocycles. The van der Waals surface area contributed by atoms with Crippen molar-refractivity contribution in [3.63, 3.8) is 0 Å². The van der Waals surface area contributed by atoms with Crippen LogP contribution in [0.4, 0.5) is 0 Å². The molecule has 57 heavy (non-hydrogen) atoms. The summed E-state index contributed by atoms with van der Waals surface area (Å²) in [4.78, 5) is 0. The van der Waals surface area contributed by atoms with Crippen LogP contribution in [-0.2, 0) is 21.1 Å². The molecule has 0 saturated carbocycles. The van der Waals surface area contributed by atoms with Crippen molar-refractivity contribution in [2.24, 2.45) is 0 Å². The Hall–Kier alpha value is -3.83. The molecule has 0 atom stereocenters. The number of hydrogen-bond acceptors (Lipinski definition) is 0. The van der Waals surface area contributed by atoms with E-state index in [4.69, 9.17) is 0 Å². The Labute approximate surface area is 362 Å². The van der Waals surface area contributed by atoms with E-state index in [2.05, 4.69) is 269 Å². The van der Waals surface area contributed by atoms with Crippen LogP contribution >= 0.6 is 31.7 Å². The molecule has 8 aromatic rings. The molecule has 5 heteroatoms. The Bertz CT molecular complexity index is 1700. The molecule has 8 rings (SSSR count). The summed E-state index contributed by atoms with van der Waals surface area (Å²) in [5.74, 6) is 0. The first-order chi connectivity index (χ1) is 27.5. The van der Waals surface area contributed by atoms with E-state index in [1.165, 1.54) is 42.4 Å². The number of hydrogen-bond donors (Lipinski definition) is 0. The van der Waals surface area contributed by atoms with Crippen molar-refractivity contribution in [1.82, 2.24) is 0 Å². The summed E-state index contributed by atoms with van der Waals surface area (Å²) in [7, 11) is -2.18. The van der Waals surface area contributed by atoms with Crippen LogP contribution in [0.3, 0.4) is 0 Å². The molecular formula is C52H56P4Pt+4. The van der Waals surface area contributed by atoms with Crippen LogP contribution in [0.2, 0.25) is 0 Å². The van der Waals surface area contributed by atoms with Crippen LogP contribution in [0.1, 0.15) is 0 Å². The second kappa shape index (κ2) is 26.2. The summed E-state index contributed by atoms with van der Waals surface area (Å²) >= 11 is 0. The number of rotatable bonds is 8. The average molecular weight is 1000 g/mol. The van der Waals surface area contributed by atoms with E-state index in [0.29, 0.717) is 0 Å². The fraction of sp³-hybridized carbons (Fsp3) is 0.0769. The summed E-state index contributed by atoms with van der Waals surface area (Å²) in [6.45, 7) is 9.37. The molecule has 0 N–H and O–H groups in total. The van der Waals surface area contributed by atoms with Crippen molar-refractivity contribution < 1.29 is 21.1 Å². The molecule has 0 spiro atoms. The minimum atomic E-state index is -0.545. The largest absolute Gasteiger partial charge is 0.0964 e. The molecule has 0 aliphatic heterocycles. The van der Waals surface area contributed by atoms with Crippen LogP contribution in [0.5, 0.6) is 0 Å². The summed E-state index contributed by atoms with van der Waals surface area (Å²) in [5, 5.41) is 11.8. The summed E-state index contributed by atoms with van der Waals surface area (Å²) in [5.41, 5.74) is 0. The van der Waals surface area contributed by atoms with E-state index in [1.54, 1.807) is 0 Å². The first-order valence-corrected chi connectivity index (χ1v) is 27.3. The fourth-order valence-electron chi connectivity index (χ4n) is 6.17. The third-order valence-corrected chi connectivity index (χ3v) is 19.2. The Balaban J connectivity index is 0.000000167. The van der Waals surface area contributed by atoms with Crippen LogP contribution in [0.25, 0.3) is 0 Å². The van der Waals surface area contributed by atoms with Crippen LogP contribution in [0, 0.1) is 0 Å². The smallest absolute Gasteiger partial charge is 0.0620 e. The maximum Gasteiger partial charge on any atom is 0.0964 e. The monoisotopic (exact) mass is 999 g/mol. The second-order valence-corrected chi connectivity index (χ2v) is 23.0. The molecule has 290 valence electrons. The molecule has 0 aromatic heterocycles. The SMILES string of the molecule is C[PH+](c1ccccc1)c1ccccc1.C[PH+](c1ccccc1)c1ccccc1.C[PH+](c1ccccc1)c1ccccc1.C[PH+](c1ccccc1)c1ccccc1.[Pt]. The predicted molar refractivity (Wildman–Crippen MR) is 266 cm³/mol.